The van der Waals surface area contributed by atoms with Gasteiger partial charge in [-0.2, -0.15) is 0 Å². The summed E-state index contributed by atoms with van der Waals surface area (Å²) < 4.78 is 0. The van der Waals surface area contributed by atoms with Gasteiger partial charge in [0, 0.05) is 30.0 Å². The second kappa shape index (κ2) is 11.0. The molecular weight excluding hydrogens is 420 g/mol. The van der Waals surface area contributed by atoms with Gasteiger partial charge in [0.2, 0.25) is 11.8 Å². The van der Waals surface area contributed by atoms with Crippen LogP contribution in [0.15, 0.2) is 54.6 Å². The van der Waals surface area contributed by atoms with Gasteiger partial charge in [-0.3, -0.25) is 19.8 Å². The number of carboxylic acids is 1. The fraction of sp³-hybridized carbons (Fsp3) is 0.280. The van der Waals surface area contributed by atoms with Crippen LogP contribution in [0.3, 0.4) is 0 Å². The number of aliphatic carboxylic acids is 1. The highest BCUT2D eigenvalue weighted by atomic mass is 16.4. The minimum Gasteiger partial charge on any atom is -0.481 e. The molecule has 33 heavy (non-hydrogen) atoms. The first kappa shape index (κ1) is 23.5. The second-order valence-electron chi connectivity index (χ2n) is 7.82. The summed E-state index contributed by atoms with van der Waals surface area (Å²) in [6.45, 7) is 0.478. The molecule has 2 aromatic rings. The maximum Gasteiger partial charge on any atom is 0.306 e. The summed E-state index contributed by atoms with van der Waals surface area (Å²) >= 11 is 0. The van der Waals surface area contributed by atoms with Crippen molar-refractivity contribution in [2.24, 2.45) is 11.7 Å². The number of carbonyl (C=O) groups is 3. The van der Waals surface area contributed by atoms with Gasteiger partial charge in [-0.1, -0.05) is 42.2 Å². The number of hydrogen-bond acceptors (Lipinski definition) is 4. The molecule has 2 atom stereocenters. The van der Waals surface area contributed by atoms with Gasteiger partial charge in [0.1, 0.15) is 11.9 Å². The summed E-state index contributed by atoms with van der Waals surface area (Å²) in [4.78, 5) is 38.6. The van der Waals surface area contributed by atoms with Crippen molar-refractivity contribution in [1.82, 2.24) is 5.32 Å². The average molecular weight is 447 g/mol. The lowest BCUT2D eigenvalue weighted by Crippen LogP contribution is -2.45. The van der Waals surface area contributed by atoms with Gasteiger partial charge in [0.15, 0.2) is 0 Å². The van der Waals surface area contributed by atoms with Crippen LogP contribution in [0.1, 0.15) is 36.8 Å². The van der Waals surface area contributed by atoms with E-state index in [1.54, 1.807) is 41.3 Å². The number of piperidine rings is 1. The van der Waals surface area contributed by atoms with Crippen LogP contribution in [0.5, 0.6) is 0 Å². The summed E-state index contributed by atoms with van der Waals surface area (Å²) in [6, 6.07) is 15.1. The number of hydrogen-bond donors (Lipinski definition) is 4. The Kier molecular flexibility index (Phi) is 7.82. The number of anilines is 1. The molecule has 1 saturated heterocycles. The molecule has 2 amide bonds. The molecular formula is C25H26N4O4. The number of carboxylic acid groups (broad SMARTS) is 1. The zero-order valence-corrected chi connectivity index (χ0v) is 18.1. The van der Waals surface area contributed by atoms with Crippen LogP contribution in [0.4, 0.5) is 5.69 Å². The largest absolute Gasteiger partial charge is 0.481 e. The highest BCUT2D eigenvalue weighted by Gasteiger charge is 2.32. The number of nitrogen functional groups attached to an aromatic ring is 1. The van der Waals surface area contributed by atoms with Crippen molar-refractivity contribution < 1.29 is 19.5 Å². The van der Waals surface area contributed by atoms with Crippen LogP contribution in [0, 0.1) is 23.2 Å². The summed E-state index contributed by atoms with van der Waals surface area (Å²) in [5, 5.41) is 19.6. The molecule has 8 nitrogen and oxygen atoms in total. The van der Waals surface area contributed by atoms with E-state index in [2.05, 4.69) is 17.2 Å². The minimum atomic E-state index is -1.08. The van der Waals surface area contributed by atoms with E-state index in [1.807, 2.05) is 18.2 Å². The molecule has 1 aliphatic rings. The summed E-state index contributed by atoms with van der Waals surface area (Å²) in [5.74, 6) is 3.28. The average Bonchev–Trinajstić information content (AvgIpc) is 2.79. The summed E-state index contributed by atoms with van der Waals surface area (Å²) in [7, 11) is 0. The first-order chi connectivity index (χ1) is 15.8. The quantitative estimate of drug-likeness (QED) is 0.293. The molecule has 2 aromatic carbocycles. The standard InChI is InChI=1S/C25H26N4O4/c26-24(27)20-10-4-5-11-21(20)29-14-6-9-18(25(29)33)15-22(30)28-19(16-23(31)32)13-12-17-7-2-1-3-8-17/h1-5,7-8,10-11,18-19H,6,9,14-16H2,(H3,26,27)(H,28,30)(H,31,32). The van der Waals surface area contributed by atoms with Crippen molar-refractivity contribution in [2.45, 2.75) is 31.7 Å². The van der Waals surface area contributed by atoms with Crippen molar-refractivity contribution in [2.75, 3.05) is 11.4 Å². The fourth-order valence-electron chi connectivity index (χ4n) is 3.80. The molecule has 0 aromatic heterocycles. The number of nitrogens with one attached hydrogen (secondary N) is 2. The van der Waals surface area contributed by atoms with Crippen molar-refractivity contribution in [3.63, 3.8) is 0 Å². The number of amidine groups is 1. The normalized spacial score (nSPS) is 16.3. The van der Waals surface area contributed by atoms with Crippen LogP contribution in [0.2, 0.25) is 0 Å². The van der Waals surface area contributed by atoms with Crippen molar-refractivity contribution in [3.8, 4) is 11.8 Å². The highest BCUT2D eigenvalue weighted by molar-refractivity contribution is 6.06. The van der Waals surface area contributed by atoms with E-state index < -0.39 is 23.8 Å². The van der Waals surface area contributed by atoms with E-state index in [9.17, 15) is 19.5 Å². The second-order valence-corrected chi connectivity index (χ2v) is 7.82. The Morgan fingerprint density at radius 3 is 2.58 bits per heavy atom. The molecule has 0 aliphatic carbocycles. The van der Waals surface area contributed by atoms with Crippen molar-refractivity contribution in [3.05, 3.63) is 65.7 Å². The lowest BCUT2D eigenvalue weighted by Gasteiger charge is -2.33. The van der Waals surface area contributed by atoms with Crippen LogP contribution >= 0.6 is 0 Å². The molecule has 1 fully saturated rings. The molecule has 170 valence electrons. The molecule has 0 radical (unpaired) electrons. The van der Waals surface area contributed by atoms with E-state index in [0.717, 1.165) is 0 Å². The monoisotopic (exact) mass is 446 g/mol. The third-order valence-corrected chi connectivity index (χ3v) is 5.34. The first-order valence-corrected chi connectivity index (χ1v) is 10.7. The van der Waals surface area contributed by atoms with Crippen LogP contribution in [-0.2, 0) is 14.4 Å². The molecule has 1 aliphatic heterocycles. The van der Waals surface area contributed by atoms with Crippen LogP contribution < -0.4 is 16.0 Å². The van der Waals surface area contributed by atoms with Gasteiger partial charge in [0.25, 0.3) is 0 Å². The number of carbonyl (C=O) groups excluding carboxylic acids is 2. The highest BCUT2D eigenvalue weighted by Crippen LogP contribution is 2.28. The zero-order valence-electron chi connectivity index (χ0n) is 18.1. The SMILES string of the molecule is N=C(N)c1ccccc1N1CCCC(CC(=O)NC(C#Cc2ccccc2)CC(=O)O)C1=O. The van der Waals surface area contributed by atoms with E-state index in [4.69, 9.17) is 11.1 Å². The van der Waals surface area contributed by atoms with Gasteiger partial charge in [-0.25, -0.2) is 0 Å². The lowest BCUT2D eigenvalue weighted by molar-refractivity contribution is -0.137. The van der Waals surface area contributed by atoms with Gasteiger partial charge < -0.3 is 21.1 Å². The predicted molar refractivity (Wildman–Crippen MR) is 125 cm³/mol. The molecule has 0 spiro atoms. The number of nitrogens with two attached hydrogens (primary N) is 1. The molecule has 8 heteroatoms. The topological polar surface area (TPSA) is 137 Å². The Balaban J connectivity index is 1.69. The molecule has 5 N–H and O–H groups in total. The Morgan fingerprint density at radius 1 is 1.18 bits per heavy atom. The third kappa shape index (κ3) is 6.43. The van der Waals surface area contributed by atoms with E-state index in [1.165, 1.54) is 0 Å². The Morgan fingerprint density at radius 2 is 1.88 bits per heavy atom. The van der Waals surface area contributed by atoms with Gasteiger partial charge in [-0.05, 0) is 37.1 Å². The smallest absolute Gasteiger partial charge is 0.306 e. The van der Waals surface area contributed by atoms with E-state index in [0.29, 0.717) is 36.2 Å². The van der Waals surface area contributed by atoms with Crippen LogP contribution in [0.25, 0.3) is 0 Å². The summed E-state index contributed by atoms with van der Waals surface area (Å²) in [5.41, 5.74) is 7.40. The first-order valence-electron chi connectivity index (χ1n) is 10.7. The molecule has 0 saturated carbocycles. The Labute approximate surface area is 192 Å². The summed E-state index contributed by atoms with van der Waals surface area (Å²) in [6.07, 6.45) is 0.829. The van der Waals surface area contributed by atoms with Gasteiger partial charge in [0.05, 0.1) is 12.1 Å². The number of nitrogens with zero attached hydrogens (tertiary/aromatic N) is 1. The molecule has 0 bridgehead atoms. The maximum atomic E-state index is 13.1. The van der Waals surface area contributed by atoms with E-state index in [-0.39, 0.29) is 24.6 Å². The number of para-hydroxylation sites is 1. The zero-order chi connectivity index (χ0) is 23.8. The maximum absolute atomic E-state index is 13.1. The van der Waals surface area contributed by atoms with E-state index >= 15 is 0 Å². The van der Waals surface area contributed by atoms with Crippen molar-refractivity contribution in [1.29, 1.82) is 5.41 Å². The predicted octanol–water partition coefficient (Wildman–Crippen LogP) is 2.11. The van der Waals surface area contributed by atoms with Crippen LogP contribution in [-0.4, -0.2) is 41.3 Å². The third-order valence-electron chi connectivity index (χ3n) is 5.34. The Hall–Kier alpha value is -4.12. The lowest BCUT2D eigenvalue weighted by atomic mass is 9.92. The van der Waals surface area contributed by atoms with Gasteiger partial charge in [-0.15, -0.1) is 0 Å². The fourth-order valence-corrected chi connectivity index (χ4v) is 3.80. The van der Waals surface area contributed by atoms with Crippen molar-refractivity contribution >= 4 is 29.3 Å². The number of rotatable bonds is 7. The van der Waals surface area contributed by atoms with Gasteiger partial charge >= 0.3 is 5.97 Å². The Bertz CT molecular complexity index is 1100. The number of amides is 2. The molecule has 2 unspecified atom stereocenters. The number of benzene rings is 2. The minimum absolute atomic E-state index is 0.0687. The molecule has 1 heterocycles. The molecule has 3 rings (SSSR count).